The van der Waals surface area contributed by atoms with E-state index in [2.05, 4.69) is 45.7 Å². The van der Waals surface area contributed by atoms with Crippen LogP contribution in [0.15, 0.2) is 60.9 Å². The molecule has 1 aliphatic rings. The third-order valence-corrected chi connectivity index (χ3v) is 4.41. The number of hydrogen-bond acceptors (Lipinski definition) is 4. The number of benzene rings is 2. The van der Waals surface area contributed by atoms with Gasteiger partial charge in [0.15, 0.2) is 0 Å². The van der Waals surface area contributed by atoms with Crippen LogP contribution in [0.3, 0.4) is 0 Å². The van der Waals surface area contributed by atoms with E-state index in [4.69, 9.17) is 4.74 Å². The standard InChI is InChI=1S/C19H20N4O/c1-2-24-18-11-7-6-10-15(18)17-12-16(14-8-4-3-5-9-14)22-19-20-13-21-23(17)19/h3-11,13,16-17H,2,12H2,1H3,(H,20,21,22)/t16-,17-/m1/s1. The first-order valence-electron chi connectivity index (χ1n) is 8.29. The summed E-state index contributed by atoms with van der Waals surface area (Å²) in [6.45, 7) is 2.65. The lowest BCUT2D eigenvalue weighted by atomic mass is 9.93. The zero-order valence-electron chi connectivity index (χ0n) is 13.6. The van der Waals surface area contributed by atoms with Crippen molar-refractivity contribution in [3.05, 3.63) is 72.1 Å². The van der Waals surface area contributed by atoms with Crippen molar-refractivity contribution in [1.29, 1.82) is 0 Å². The van der Waals surface area contributed by atoms with Crippen LogP contribution in [0, 0.1) is 0 Å². The van der Waals surface area contributed by atoms with Crippen molar-refractivity contribution in [2.75, 3.05) is 11.9 Å². The van der Waals surface area contributed by atoms with E-state index >= 15 is 0 Å². The molecule has 3 aromatic rings. The molecule has 0 saturated heterocycles. The highest BCUT2D eigenvalue weighted by molar-refractivity contribution is 5.42. The minimum absolute atomic E-state index is 0.0942. The van der Waals surface area contributed by atoms with Crippen molar-refractivity contribution >= 4 is 5.95 Å². The molecule has 24 heavy (non-hydrogen) atoms. The van der Waals surface area contributed by atoms with E-state index in [1.54, 1.807) is 6.33 Å². The maximum atomic E-state index is 5.84. The number of ether oxygens (including phenoxy) is 1. The van der Waals surface area contributed by atoms with Crippen molar-refractivity contribution < 1.29 is 4.74 Å². The summed E-state index contributed by atoms with van der Waals surface area (Å²) in [4.78, 5) is 4.38. The first-order chi connectivity index (χ1) is 11.9. The second kappa shape index (κ2) is 6.35. The summed E-state index contributed by atoms with van der Waals surface area (Å²) < 4.78 is 7.80. The van der Waals surface area contributed by atoms with E-state index in [0.29, 0.717) is 6.61 Å². The van der Waals surface area contributed by atoms with Gasteiger partial charge in [-0.05, 0) is 25.0 Å². The molecule has 122 valence electrons. The maximum absolute atomic E-state index is 5.84. The maximum Gasteiger partial charge on any atom is 0.222 e. The number of hydrogen-bond donors (Lipinski definition) is 1. The van der Waals surface area contributed by atoms with E-state index in [9.17, 15) is 0 Å². The topological polar surface area (TPSA) is 52.0 Å². The molecule has 1 aromatic heterocycles. The van der Waals surface area contributed by atoms with Gasteiger partial charge in [-0.3, -0.25) is 0 Å². The molecular weight excluding hydrogens is 300 g/mol. The van der Waals surface area contributed by atoms with Crippen LogP contribution in [0.5, 0.6) is 5.75 Å². The second-order valence-corrected chi connectivity index (χ2v) is 5.86. The smallest absolute Gasteiger partial charge is 0.222 e. The molecule has 5 heteroatoms. The van der Waals surface area contributed by atoms with Gasteiger partial charge in [0, 0.05) is 5.56 Å². The largest absolute Gasteiger partial charge is 0.494 e. The predicted octanol–water partition coefficient (Wildman–Crippen LogP) is 3.82. The van der Waals surface area contributed by atoms with E-state index in [1.807, 2.05) is 35.9 Å². The normalized spacial score (nSPS) is 19.4. The lowest BCUT2D eigenvalue weighted by Gasteiger charge is -2.32. The predicted molar refractivity (Wildman–Crippen MR) is 93.2 cm³/mol. The van der Waals surface area contributed by atoms with Crippen LogP contribution in [-0.4, -0.2) is 21.4 Å². The summed E-state index contributed by atoms with van der Waals surface area (Å²) in [5, 5.41) is 7.92. The van der Waals surface area contributed by atoms with Gasteiger partial charge in [0.2, 0.25) is 5.95 Å². The summed E-state index contributed by atoms with van der Waals surface area (Å²) in [5.74, 6) is 1.71. The fourth-order valence-electron chi connectivity index (χ4n) is 3.33. The van der Waals surface area contributed by atoms with Gasteiger partial charge in [-0.25, -0.2) is 4.68 Å². The van der Waals surface area contributed by atoms with Crippen molar-refractivity contribution in [3.63, 3.8) is 0 Å². The molecule has 0 fully saturated rings. The number of para-hydroxylation sites is 1. The summed E-state index contributed by atoms with van der Waals surface area (Å²) in [7, 11) is 0. The fourth-order valence-corrected chi connectivity index (χ4v) is 3.33. The average Bonchev–Trinajstić information content (AvgIpc) is 3.11. The van der Waals surface area contributed by atoms with Gasteiger partial charge in [0.05, 0.1) is 18.7 Å². The molecule has 4 rings (SSSR count). The molecule has 1 N–H and O–H groups in total. The Morgan fingerprint density at radius 3 is 2.75 bits per heavy atom. The first kappa shape index (κ1) is 14.8. The number of nitrogens with zero attached hydrogens (tertiary/aromatic N) is 3. The van der Waals surface area contributed by atoms with Crippen LogP contribution < -0.4 is 10.1 Å². The second-order valence-electron chi connectivity index (χ2n) is 5.86. The molecule has 0 spiro atoms. The summed E-state index contributed by atoms with van der Waals surface area (Å²) >= 11 is 0. The summed E-state index contributed by atoms with van der Waals surface area (Å²) in [6, 6.07) is 19.0. The first-order valence-corrected chi connectivity index (χ1v) is 8.29. The highest BCUT2D eigenvalue weighted by Gasteiger charge is 2.31. The molecule has 0 saturated carbocycles. The average molecular weight is 320 g/mol. The van der Waals surface area contributed by atoms with Gasteiger partial charge in [-0.1, -0.05) is 48.5 Å². The zero-order valence-corrected chi connectivity index (χ0v) is 13.6. The van der Waals surface area contributed by atoms with Crippen molar-refractivity contribution in [2.24, 2.45) is 0 Å². The number of aromatic nitrogens is 3. The molecular formula is C19H20N4O. The fraction of sp³-hybridized carbons (Fsp3) is 0.263. The Morgan fingerprint density at radius 1 is 1.12 bits per heavy atom. The Balaban J connectivity index is 1.75. The Bertz CT molecular complexity index is 815. The molecule has 2 atom stereocenters. The van der Waals surface area contributed by atoms with Crippen LogP contribution in [0.4, 0.5) is 5.95 Å². The molecule has 0 bridgehead atoms. The van der Waals surface area contributed by atoms with Gasteiger partial charge >= 0.3 is 0 Å². The molecule has 2 heterocycles. The van der Waals surface area contributed by atoms with Crippen LogP contribution >= 0.6 is 0 Å². The monoisotopic (exact) mass is 320 g/mol. The van der Waals surface area contributed by atoms with Gasteiger partial charge in [-0.2, -0.15) is 10.1 Å². The van der Waals surface area contributed by atoms with Crippen molar-refractivity contribution in [2.45, 2.75) is 25.4 Å². The van der Waals surface area contributed by atoms with E-state index in [0.717, 1.165) is 23.7 Å². The van der Waals surface area contributed by atoms with E-state index < -0.39 is 0 Å². The minimum atomic E-state index is 0.0942. The van der Waals surface area contributed by atoms with Gasteiger partial charge < -0.3 is 10.1 Å². The highest BCUT2D eigenvalue weighted by atomic mass is 16.5. The van der Waals surface area contributed by atoms with Crippen LogP contribution in [-0.2, 0) is 0 Å². The molecule has 2 aromatic carbocycles. The van der Waals surface area contributed by atoms with E-state index in [1.165, 1.54) is 5.56 Å². The van der Waals surface area contributed by atoms with Crippen molar-refractivity contribution in [1.82, 2.24) is 14.8 Å². The summed E-state index contributed by atoms with van der Waals surface area (Å²) in [5.41, 5.74) is 2.40. The molecule has 1 aliphatic heterocycles. The van der Waals surface area contributed by atoms with Crippen molar-refractivity contribution in [3.8, 4) is 5.75 Å². The Labute approximate surface area is 141 Å². The quantitative estimate of drug-likeness (QED) is 0.794. The van der Waals surface area contributed by atoms with Crippen LogP contribution in [0.25, 0.3) is 0 Å². The Morgan fingerprint density at radius 2 is 1.92 bits per heavy atom. The van der Waals surface area contributed by atoms with Gasteiger partial charge in [0.25, 0.3) is 0 Å². The SMILES string of the molecule is CCOc1ccccc1[C@H]1C[C@H](c2ccccc2)Nc2ncnn21. The minimum Gasteiger partial charge on any atom is -0.494 e. The lowest BCUT2D eigenvalue weighted by Crippen LogP contribution is -2.28. The van der Waals surface area contributed by atoms with Crippen LogP contribution in [0.1, 0.15) is 36.6 Å². The summed E-state index contributed by atoms with van der Waals surface area (Å²) in [6.07, 6.45) is 2.50. The lowest BCUT2D eigenvalue weighted by molar-refractivity contribution is 0.325. The number of rotatable bonds is 4. The third kappa shape index (κ3) is 2.62. The highest BCUT2D eigenvalue weighted by Crippen LogP contribution is 2.40. The molecule has 0 radical (unpaired) electrons. The van der Waals surface area contributed by atoms with E-state index in [-0.39, 0.29) is 12.1 Å². The van der Waals surface area contributed by atoms with Crippen LogP contribution in [0.2, 0.25) is 0 Å². The van der Waals surface area contributed by atoms with Gasteiger partial charge in [-0.15, -0.1) is 0 Å². The molecule has 0 unspecified atom stereocenters. The molecule has 0 aliphatic carbocycles. The molecule has 0 amide bonds. The Kier molecular flexibility index (Phi) is 3.91. The van der Waals surface area contributed by atoms with Gasteiger partial charge in [0.1, 0.15) is 12.1 Å². The molecule has 5 nitrogen and oxygen atoms in total. The zero-order chi connectivity index (χ0) is 16.4. The third-order valence-electron chi connectivity index (χ3n) is 4.41. The Hall–Kier alpha value is -2.82. The number of nitrogens with one attached hydrogen (secondary N) is 1. The number of anilines is 1. The number of fused-ring (bicyclic) bond motifs is 1.